The van der Waals surface area contributed by atoms with Crippen LogP contribution in [-0.4, -0.2) is 11.5 Å². The maximum atomic E-state index is 10.5. The van der Waals surface area contributed by atoms with Crippen LogP contribution in [0.1, 0.15) is 11.1 Å². The summed E-state index contributed by atoms with van der Waals surface area (Å²) in [6.45, 7) is 0.726. The Morgan fingerprint density at radius 1 is 1.10 bits per heavy atom. The first-order chi connectivity index (χ1) is 9.69. The highest BCUT2D eigenvalue weighted by Crippen LogP contribution is 2.13. The molecule has 0 bridgehead atoms. The molecule has 5 heteroatoms. The number of hydrogen-bond donors (Lipinski definition) is 1. The molecule has 0 fully saturated rings. The monoisotopic (exact) mass is 267 g/mol. The lowest BCUT2D eigenvalue weighted by Gasteiger charge is -2.06. The van der Waals surface area contributed by atoms with Crippen LogP contribution in [0, 0.1) is 21.4 Å². The van der Waals surface area contributed by atoms with E-state index in [9.17, 15) is 10.1 Å². The lowest BCUT2D eigenvalue weighted by molar-refractivity contribution is -0.384. The predicted molar refractivity (Wildman–Crippen MR) is 76.4 cm³/mol. The summed E-state index contributed by atoms with van der Waals surface area (Å²) < 4.78 is 0. The number of non-ortho nitro benzene ring substituents is 1. The Balaban J connectivity index is 1.86. The van der Waals surface area contributed by atoms with Crippen LogP contribution >= 0.6 is 0 Å². The number of benzene rings is 2. The van der Waals surface area contributed by atoms with E-state index in [4.69, 9.17) is 5.26 Å². The largest absolute Gasteiger partial charge is 0.385 e. The minimum absolute atomic E-state index is 0.105. The van der Waals surface area contributed by atoms with Crippen molar-refractivity contribution in [2.24, 2.45) is 0 Å². The van der Waals surface area contributed by atoms with Crippen molar-refractivity contribution in [3.63, 3.8) is 0 Å². The Labute approximate surface area is 116 Å². The van der Waals surface area contributed by atoms with E-state index < -0.39 is 4.92 Å². The fourth-order valence-corrected chi connectivity index (χ4v) is 1.80. The Kier molecular flexibility index (Phi) is 4.30. The van der Waals surface area contributed by atoms with Gasteiger partial charge in [-0.25, -0.2) is 0 Å². The van der Waals surface area contributed by atoms with Gasteiger partial charge in [0.1, 0.15) is 0 Å². The van der Waals surface area contributed by atoms with Gasteiger partial charge in [-0.15, -0.1) is 0 Å². The summed E-state index contributed by atoms with van der Waals surface area (Å²) in [4.78, 5) is 10.1. The normalized spacial score (nSPS) is 9.75. The van der Waals surface area contributed by atoms with Gasteiger partial charge in [0, 0.05) is 24.4 Å². The zero-order chi connectivity index (χ0) is 14.4. The van der Waals surface area contributed by atoms with E-state index in [1.807, 2.05) is 12.1 Å². The number of nitro benzene ring substituents is 1. The van der Waals surface area contributed by atoms with Gasteiger partial charge in [-0.05, 0) is 36.2 Å². The fourth-order valence-electron chi connectivity index (χ4n) is 1.80. The molecule has 2 aromatic carbocycles. The molecule has 0 amide bonds. The molecular formula is C15H13N3O2. The van der Waals surface area contributed by atoms with E-state index in [0.29, 0.717) is 5.56 Å². The van der Waals surface area contributed by atoms with E-state index in [1.54, 1.807) is 24.3 Å². The van der Waals surface area contributed by atoms with Crippen LogP contribution in [0.15, 0.2) is 48.5 Å². The molecule has 0 aromatic heterocycles. The number of nitro groups is 1. The third-order valence-electron chi connectivity index (χ3n) is 2.90. The molecule has 0 aliphatic heterocycles. The topological polar surface area (TPSA) is 79.0 Å². The van der Waals surface area contributed by atoms with Crippen molar-refractivity contribution >= 4 is 11.4 Å². The molecular weight excluding hydrogens is 254 g/mol. The van der Waals surface area contributed by atoms with Crippen LogP contribution in [0.4, 0.5) is 11.4 Å². The third kappa shape index (κ3) is 3.56. The van der Waals surface area contributed by atoms with Gasteiger partial charge in [-0.3, -0.25) is 10.1 Å². The van der Waals surface area contributed by atoms with Gasteiger partial charge in [0.15, 0.2) is 0 Å². The van der Waals surface area contributed by atoms with Crippen LogP contribution in [0.3, 0.4) is 0 Å². The summed E-state index contributed by atoms with van der Waals surface area (Å²) in [5.41, 5.74) is 2.72. The molecule has 0 atom stereocenters. The molecule has 100 valence electrons. The van der Waals surface area contributed by atoms with Crippen LogP contribution < -0.4 is 5.32 Å². The summed E-state index contributed by atoms with van der Waals surface area (Å²) in [6, 6.07) is 15.8. The van der Waals surface area contributed by atoms with E-state index in [2.05, 4.69) is 11.4 Å². The van der Waals surface area contributed by atoms with Gasteiger partial charge < -0.3 is 5.32 Å². The van der Waals surface area contributed by atoms with Crippen LogP contribution in [-0.2, 0) is 6.42 Å². The summed E-state index contributed by atoms with van der Waals surface area (Å²) >= 11 is 0. The quantitative estimate of drug-likeness (QED) is 0.666. The second-order valence-electron chi connectivity index (χ2n) is 4.29. The first kappa shape index (κ1) is 13.6. The molecule has 0 spiro atoms. The predicted octanol–water partition coefficient (Wildman–Crippen LogP) is 3.12. The first-order valence-corrected chi connectivity index (χ1v) is 6.16. The minimum atomic E-state index is -0.404. The minimum Gasteiger partial charge on any atom is -0.385 e. The summed E-state index contributed by atoms with van der Waals surface area (Å²) in [7, 11) is 0. The van der Waals surface area contributed by atoms with E-state index >= 15 is 0 Å². The first-order valence-electron chi connectivity index (χ1n) is 6.16. The van der Waals surface area contributed by atoms with Crippen molar-refractivity contribution in [2.75, 3.05) is 11.9 Å². The Morgan fingerprint density at radius 2 is 1.75 bits per heavy atom. The van der Waals surface area contributed by atoms with Crippen molar-refractivity contribution in [3.05, 3.63) is 69.8 Å². The average Bonchev–Trinajstić information content (AvgIpc) is 2.48. The van der Waals surface area contributed by atoms with Gasteiger partial charge in [0.2, 0.25) is 0 Å². The number of anilines is 1. The molecule has 0 radical (unpaired) electrons. The van der Waals surface area contributed by atoms with Gasteiger partial charge >= 0.3 is 0 Å². The van der Waals surface area contributed by atoms with Crippen LogP contribution in [0.25, 0.3) is 0 Å². The molecule has 0 heterocycles. The highest BCUT2D eigenvalue weighted by molar-refractivity contribution is 5.47. The van der Waals surface area contributed by atoms with E-state index in [-0.39, 0.29) is 5.69 Å². The van der Waals surface area contributed by atoms with Gasteiger partial charge in [-0.2, -0.15) is 5.26 Å². The fraction of sp³-hybridized carbons (Fsp3) is 0.133. The standard InChI is InChI=1S/C15H13N3O2/c16-11-13-1-5-14(6-2-13)17-10-9-12-3-7-15(8-4-12)18(19)20/h1-8,17H,9-10H2. The lowest BCUT2D eigenvalue weighted by Crippen LogP contribution is -2.04. The molecule has 0 aliphatic rings. The second kappa shape index (κ2) is 6.34. The van der Waals surface area contributed by atoms with E-state index in [1.165, 1.54) is 12.1 Å². The zero-order valence-corrected chi connectivity index (χ0v) is 10.7. The average molecular weight is 267 g/mol. The van der Waals surface area contributed by atoms with Gasteiger partial charge in [-0.1, -0.05) is 12.1 Å². The SMILES string of the molecule is N#Cc1ccc(NCCc2ccc([N+](=O)[O-])cc2)cc1. The third-order valence-corrected chi connectivity index (χ3v) is 2.90. The van der Waals surface area contributed by atoms with Crippen molar-refractivity contribution < 1.29 is 4.92 Å². The van der Waals surface area contributed by atoms with Crippen molar-refractivity contribution in [2.45, 2.75) is 6.42 Å². The van der Waals surface area contributed by atoms with Crippen LogP contribution in [0.2, 0.25) is 0 Å². The smallest absolute Gasteiger partial charge is 0.269 e. The Bertz CT molecular complexity index is 628. The van der Waals surface area contributed by atoms with E-state index in [0.717, 1.165) is 24.2 Å². The summed E-state index contributed by atoms with van der Waals surface area (Å²) in [6.07, 6.45) is 0.776. The molecule has 0 aliphatic carbocycles. The number of nitrogens with zero attached hydrogens (tertiary/aromatic N) is 2. The van der Waals surface area contributed by atoms with Gasteiger partial charge in [0.25, 0.3) is 5.69 Å². The lowest BCUT2D eigenvalue weighted by atomic mass is 10.1. The molecule has 2 aromatic rings. The molecule has 5 nitrogen and oxygen atoms in total. The molecule has 1 N–H and O–H groups in total. The number of nitrogens with one attached hydrogen (secondary N) is 1. The summed E-state index contributed by atoms with van der Waals surface area (Å²) in [5, 5.41) is 22.5. The highest BCUT2D eigenvalue weighted by atomic mass is 16.6. The second-order valence-corrected chi connectivity index (χ2v) is 4.29. The maximum absolute atomic E-state index is 10.5. The zero-order valence-electron chi connectivity index (χ0n) is 10.7. The van der Waals surface area contributed by atoms with Gasteiger partial charge in [0.05, 0.1) is 16.6 Å². The molecule has 20 heavy (non-hydrogen) atoms. The number of nitriles is 1. The van der Waals surface area contributed by atoms with Crippen molar-refractivity contribution in [1.82, 2.24) is 0 Å². The molecule has 2 rings (SSSR count). The van der Waals surface area contributed by atoms with Crippen LogP contribution in [0.5, 0.6) is 0 Å². The molecule has 0 unspecified atom stereocenters. The molecule has 0 saturated heterocycles. The van der Waals surface area contributed by atoms with Crippen molar-refractivity contribution in [1.29, 1.82) is 5.26 Å². The summed E-state index contributed by atoms with van der Waals surface area (Å²) in [5.74, 6) is 0. The maximum Gasteiger partial charge on any atom is 0.269 e. The van der Waals surface area contributed by atoms with Crippen molar-refractivity contribution in [3.8, 4) is 6.07 Å². The Hall–Kier alpha value is -2.87. The highest BCUT2D eigenvalue weighted by Gasteiger charge is 2.03. The molecule has 0 saturated carbocycles. The number of hydrogen-bond acceptors (Lipinski definition) is 4. The number of rotatable bonds is 5. The Morgan fingerprint density at radius 3 is 2.30 bits per heavy atom.